The molecular formula is C19H17Cl2N3O4. The summed E-state index contributed by atoms with van der Waals surface area (Å²) >= 11 is 12.0. The van der Waals surface area contributed by atoms with Gasteiger partial charge in [0.15, 0.2) is 0 Å². The van der Waals surface area contributed by atoms with Crippen LogP contribution in [-0.4, -0.2) is 43.0 Å². The number of anilines is 2. The number of nitrogens with one attached hydrogen (secondary N) is 2. The van der Waals surface area contributed by atoms with E-state index in [1.54, 1.807) is 31.4 Å². The number of benzene rings is 2. The summed E-state index contributed by atoms with van der Waals surface area (Å²) in [4.78, 5) is 38.3. The highest BCUT2D eigenvalue weighted by molar-refractivity contribution is 6.44. The number of rotatable bonds is 6. The van der Waals surface area contributed by atoms with Gasteiger partial charge in [-0.2, -0.15) is 0 Å². The van der Waals surface area contributed by atoms with Gasteiger partial charge in [-0.3, -0.25) is 14.5 Å². The third-order valence-corrected chi connectivity index (χ3v) is 4.98. The van der Waals surface area contributed by atoms with Crippen LogP contribution in [0.2, 0.25) is 10.0 Å². The molecule has 4 amide bonds. The molecule has 146 valence electrons. The maximum atomic E-state index is 12.5. The fourth-order valence-electron chi connectivity index (χ4n) is 2.82. The molecule has 28 heavy (non-hydrogen) atoms. The van der Waals surface area contributed by atoms with Gasteiger partial charge in [-0.15, -0.1) is 0 Å². The molecule has 0 spiro atoms. The number of imide groups is 1. The second-order valence-electron chi connectivity index (χ2n) is 6.05. The number of halogens is 2. The molecule has 0 bridgehead atoms. The van der Waals surface area contributed by atoms with Crippen LogP contribution in [0.3, 0.4) is 0 Å². The molecule has 1 heterocycles. The van der Waals surface area contributed by atoms with Gasteiger partial charge in [0.2, 0.25) is 0 Å². The van der Waals surface area contributed by atoms with Crippen LogP contribution >= 0.6 is 23.2 Å². The normalized spacial score (nSPS) is 12.9. The van der Waals surface area contributed by atoms with Crippen molar-refractivity contribution in [2.45, 2.75) is 6.42 Å². The first-order valence-electron chi connectivity index (χ1n) is 8.43. The van der Waals surface area contributed by atoms with E-state index in [1.807, 2.05) is 0 Å². The molecule has 2 N–H and O–H groups in total. The Morgan fingerprint density at radius 3 is 2.57 bits per heavy atom. The summed E-state index contributed by atoms with van der Waals surface area (Å²) in [7, 11) is 1.56. The highest BCUT2D eigenvalue weighted by atomic mass is 35.5. The fourth-order valence-corrected chi connectivity index (χ4v) is 3.17. The summed E-state index contributed by atoms with van der Waals surface area (Å²) in [6.07, 6.45) is 0.551. The molecule has 9 heteroatoms. The molecule has 3 rings (SSSR count). The van der Waals surface area contributed by atoms with Crippen LogP contribution in [0.4, 0.5) is 16.2 Å². The van der Waals surface area contributed by atoms with Crippen LogP contribution in [-0.2, 0) is 4.74 Å². The summed E-state index contributed by atoms with van der Waals surface area (Å²) in [6, 6.07) is 8.87. The van der Waals surface area contributed by atoms with Crippen LogP contribution in [0.25, 0.3) is 0 Å². The minimum absolute atomic E-state index is 0.223. The van der Waals surface area contributed by atoms with Gasteiger partial charge in [0.25, 0.3) is 11.8 Å². The predicted octanol–water partition coefficient (Wildman–Crippen LogP) is 4.27. The Bertz CT molecular complexity index is 949. The van der Waals surface area contributed by atoms with Crippen molar-refractivity contribution in [3.05, 3.63) is 57.6 Å². The summed E-state index contributed by atoms with van der Waals surface area (Å²) in [5, 5.41) is 5.74. The first kappa shape index (κ1) is 20.1. The van der Waals surface area contributed by atoms with E-state index in [0.717, 1.165) is 0 Å². The number of urea groups is 1. The smallest absolute Gasteiger partial charge is 0.323 e. The number of amides is 4. The molecule has 0 saturated heterocycles. The second-order valence-corrected chi connectivity index (χ2v) is 6.83. The van der Waals surface area contributed by atoms with E-state index in [-0.39, 0.29) is 23.0 Å². The van der Waals surface area contributed by atoms with Crippen molar-refractivity contribution in [3.8, 4) is 0 Å². The highest BCUT2D eigenvalue weighted by Crippen LogP contribution is 2.30. The van der Waals surface area contributed by atoms with Crippen LogP contribution in [0.5, 0.6) is 0 Å². The quantitative estimate of drug-likeness (QED) is 0.538. The number of carbonyl (C=O) groups excluding carboxylic acids is 3. The molecule has 7 nitrogen and oxygen atoms in total. The van der Waals surface area contributed by atoms with Crippen molar-refractivity contribution in [3.63, 3.8) is 0 Å². The number of nitrogens with zero attached hydrogens (tertiary/aromatic N) is 1. The summed E-state index contributed by atoms with van der Waals surface area (Å²) in [6.45, 7) is 0.725. The van der Waals surface area contributed by atoms with E-state index >= 15 is 0 Å². The number of methoxy groups -OCH3 is 1. The third kappa shape index (κ3) is 4.11. The van der Waals surface area contributed by atoms with Crippen molar-refractivity contribution < 1.29 is 19.1 Å². The average Bonchev–Trinajstić information content (AvgIpc) is 2.90. The van der Waals surface area contributed by atoms with Crippen molar-refractivity contribution in [1.82, 2.24) is 4.90 Å². The first-order valence-corrected chi connectivity index (χ1v) is 9.19. The van der Waals surface area contributed by atoms with Gasteiger partial charge in [-0.1, -0.05) is 29.3 Å². The standard InChI is InChI=1S/C19H17Cl2N3O4/c1-28-9-3-8-24-17(25)12-7-6-11(10-13(12)18(24)26)22-19(27)23-15-5-2-4-14(20)16(15)21/h2,4-7,10H,3,8-9H2,1H3,(H2,22,23,27). The maximum absolute atomic E-state index is 12.5. The van der Waals surface area contributed by atoms with Gasteiger partial charge in [0.1, 0.15) is 0 Å². The topological polar surface area (TPSA) is 87.7 Å². The Morgan fingerprint density at radius 2 is 1.82 bits per heavy atom. The van der Waals surface area contributed by atoms with Gasteiger partial charge < -0.3 is 15.4 Å². The molecule has 0 saturated carbocycles. The summed E-state index contributed by atoms with van der Waals surface area (Å²) in [5.41, 5.74) is 1.28. The van der Waals surface area contributed by atoms with Crippen LogP contribution in [0, 0.1) is 0 Å². The zero-order chi connectivity index (χ0) is 20.3. The van der Waals surface area contributed by atoms with Crippen molar-refractivity contribution >= 4 is 52.4 Å². The summed E-state index contributed by atoms with van der Waals surface area (Å²) in [5.74, 6) is -0.740. The average molecular weight is 422 g/mol. The lowest BCUT2D eigenvalue weighted by atomic mass is 10.1. The van der Waals surface area contributed by atoms with Crippen LogP contribution in [0.1, 0.15) is 27.1 Å². The van der Waals surface area contributed by atoms with Crippen LogP contribution < -0.4 is 10.6 Å². The number of hydrogen-bond acceptors (Lipinski definition) is 4. The molecule has 0 aromatic heterocycles. The van der Waals surface area contributed by atoms with Gasteiger partial charge in [0, 0.05) is 25.9 Å². The fraction of sp³-hybridized carbons (Fsp3) is 0.211. The zero-order valence-corrected chi connectivity index (χ0v) is 16.4. The maximum Gasteiger partial charge on any atom is 0.323 e. The first-order chi connectivity index (χ1) is 13.4. The SMILES string of the molecule is COCCCN1C(=O)c2ccc(NC(=O)Nc3cccc(Cl)c3Cl)cc2C1=O. The lowest BCUT2D eigenvalue weighted by molar-refractivity contribution is 0.0638. The predicted molar refractivity (Wildman–Crippen MR) is 107 cm³/mol. The van der Waals surface area contributed by atoms with E-state index in [4.69, 9.17) is 27.9 Å². The van der Waals surface area contributed by atoms with E-state index in [0.29, 0.717) is 35.0 Å². The molecule has 0 fully saturated rings. The molecule has 1 aliphatic rings. The highest BCUT2D eigenvalue weighted by Gasteiger charge is 2.35. The molecule has 0 radical (unpaired) electrons. The Kier molecular flexibility index (Phi) is 6.18. The van der Waals surface area contributed by atoms with Gasteiger partial charge in [0.05, 0.1) is 26.9 Å². The lowest BCUT2D eigenvalue weighted by Gasteiger charge is -2.12. The third-order valence-electron chi connectivity index (χ3n) is 4.16. The van der Waals surface area contributed by atoms with Gasteiger partial charge in [-0.05, 0) is 36.8 Å². The molecule has 0 unspecified atom stereocenters. The number of ether oxygens (including phenoxy) is 1. The Morgan fingerprint density at radius 1 is 1.07 bits per heavy atom. The zero-order valence-electron chi connectivity index (χ0n) is 14.9. The lowest BCUT2D eigenvalue weighted by Crippen LogP contribution is -2.31. The van der Waals surface area contributed by atoms with E-state index in [2.05, 4.69) is 10.6 Å². The van der Waals surface area contributed by atoms with Gasteiger partial charge in [-0.25, -0.2) is 4.79 Å². The van der Waals surface area contributed by atoms with Gasteiger partial charge >= 0.3 is 6.03 Å². The number of fused-ring (bicyclic) bond motifs is 1. The van der Waals surface area contributed by atoms with Crippen molar-refractivity contribution in [2.75, 3.05) is 30.9 Å². The molecule has 1 aliphatic heterocycles. The van der Waals surface area contributed by atoms with E-state index in [1.165, 1.54) is 17.0 Å². The summed E-state index contributed by atoms with van der Waals surface area (Å²) < 4.78 is 4.96. The Balaban J connectivity index is 1.71. The second kappa shape index (κ2) is 8.60. The largest absolute Gasteiger partial charge is 0.385 e. The van der Waals surface area contributed by atoms with E-state index < -0.39 is 11.9 Å². The van der Waals surface area contributed by atoms with Crippen LogP contribution in [0.15, 0.2) is 36.4 Å². The molecule has 0 atom stereocenters. The minimum Gasteiger partial charge on any atom is -0.385 e. The molecule has 2 aromatic carbocycles. The molecule has 2 aromatic rings. The molecule has 0 aliphatic carbocycles. The minimum atomic E-state index is -0.558. The van der Waals surface area contributed by atoms with Crippen molar-refractivity contribution in [2.24, 2.45) is 0 Å². The van der Waals surface area contributed by atoms with Crippen molar-refractivity contribution in [1.29, 1.82) is 0 Å². The number of carbonyl (C=O) groups is 3. The Labute approximate surface area is 171 Å². The molecular weight excluding hydrogens is 405 g/mol. The number of hydrogen-bond donors (Lipinski definition) is 2. The van der Waals surface area contributed by atoms with E-state index in [9.17, 15) is 14.4 Å². The Hall–Kier alpha value is -2.61. The monoisotopic (exact) mass is 421 g/mol.